The maximum Gasteiger partial charge on any atom is 0.143 e. The third kappa shape index (κ3) is 10.4. The molecule has 4 nitrogen and oxygen atoms in total. The summed E-state index contributed by atoms with van der Waals surface area (Å²) in [6.45, 7) is 28.1. The van der Waals surface area contributed by atoms with Gasteiger partial charge in [0.15, 0.2) is 0 Å². The number of rotatable bonds is 8. The quantitative estimate of drug-likeness (QED) is 0.318. The summed E-state index contributed by atoms with van der Waals surface area (Å²) < 4.78 is 5.06. The van der Waals surface area contributed by atoms with Gasteiger partial charge in [-0.25, -0.2) is 0 Å². The fourth-order valence-electron chi connectivity index (χ4n) is 5.84. The maximum absolute atomic E-state index is 11.5. The van der Waals surface area contributed by atoms with Gasteiger partial charge in [0.2, 0.25) is 0 Å². The Bertz CT molecular complexity index is 1230. The van der Waals surface area contributed by atoms with Crippen LogP contribution in [-0.2, 0) is 9.53 Å². The molecule has 0 bridgehead atoms. The second kappa shape index (κ2) is 17.6. The summed E-state index contributed by atoms with van der Waals surface area (Å²) in [4.78, 5) is 17.6. The van der Waals surface area contributed by atoms with Crippen LogP contribution >= 0.6 is 0 Å². The largest absolute Gasteiger partial charge is 0.381 e. The summed E-state index contributed by atoms with van der Waals surface area (Å²) in [5.74, 6) is 2.07. The highest BCUT2D eigenvalue weighted by Crippen LogP contribution is 2.37. The zero-order valence-corrected chi connectivity index (χ0v) is 28.7. The number of carbonyl (C=O) groups excluding carboxylic acids is 1. The van der Waals surface area contributed by atoms with Gasteiger partial charge < -0.3 is 9.72 Å². The number of hydrogen-bond donors (Lipinski definition) is 1. The van der Waals surface area contributed by atoms with Crippen LogP contribution in [0.5, 0.6) is 0 Å². The average molecular weight is 577 g/mol. The lowest BCUT2D eigenvalue weighted by atomic mass is 9.87. The number of hydrogen-bond acceptors (Lipinski definition) is 3. The average Bonchev–Trinajstić information content (AvgIpc) is 3.59. The first-order valence-corrected chi connectivity index (χ1v) is 16.5. The molecule has 0 saturated carbocycles. The van der Waals surface area contributed by atoms with Crippen LogP contribution in [-0.4, -0.2) is 48.5 Å². The standard InChI is InChI=1S/C31H44N2O.C5H10O.C2H6/c1-9-22(6)23(7)17-27(16-20(2)3)31-30(21(4)5)28-18-26(10-11-29(28)32-31)25-12-14-33(15-13-25)19-24(8)34;1-5-2-3-6-4-5;1-2/h10-11,16-18,21,25,32H,9,12-15,19H2,1-8H3;5H,2-4H2,1H3;1-2H3/b23-22+,27-17+;;/t;5-;/m.0./s1. The Kier molecular flexibility index (Phi) is 15.0. The van der Waals surface area contributed by atoms with E-state index in [1.807, 2.05) is 13.8 Å². The van der Waals surface area contributed by atoms with E-state index in [0.717, 1.165) is 51.5 Å². The molecule has 4 rings (SSSR count). The molecule has 1 aromatic carbocycles. The summed E-state index contributed by atoms with van der Waals surface area (Å²) in [6.07, 6.45) is 9.25. The van der Waals surface area contributed by atoms with E-state index in [4.69, 9.17) is 4.74 Å². The number of nitrogens with zero attached hydrogens (tertiary/aromatic N) is 1. The number of nitrogens with one attached hydrogen (secondary N) is 1. The van der Waals surface area contributed by atoms with Gasteiger partial charge in [-0.05, 0) is 120 Å². The molecule has 1 N–H and O–H groups in total. The van der Waals surface area contributed by atoms with Crippen LogP contribution in [0.1, 0.15) is 131 Å². The molecule has 0 radical (unpaired) electrons. The predicted molar refractivity (Wildman–Crippen MR) is 184 cm³/mol. The van der Waals surface area contributed by atoms with Crippen LogP contribution in [0, 0.1) is 5.92 Å². The molecule has 2 aliphatic rings. The number of aromatic nitrogens is 1. The van der Waals surface area contributed by atoms with E-state index in [2.05, 4.69) is 95.6 Å². The monoisotopic (exact) mass is 576 g/mol. The molecule has 0 aliphatic carbocycles. The van der Waals surface area contributed by atoms with Crippen molar-refractivity contribution in [3.63, 3.8) is 0 Å². The first-order valence-electron chi connectivity index (χ1n) is 16.5. The molecule has 0 spiro atoms. The number of carbonyl (C=O) groups is 1. The molecule has 2 fully saturated rings. The van der Waals surface area contributed by atoms with Gasteiger partial charge in [-0.2, -0.15) is 0 Å². The van der Waals surface area contributed by atoms with Gasteiger partial charge in [-0.3, -0.25) is 9.69 Å². The van der Waals surface area contributed by atoms with E-state index in [1.165, 1.54) is 56.4 Å². The SMILES string of the molecule is CC.CC/C(C)=C(C)/C=C(\C=C(C)C)c1[nH]c2ccc(C3CCN(CC(C)=O)CC3)cc2c1C(C)C.C[C@H]1CCOC1. The molecule has 42 heavy (non-hydrogen) atoms. The van der Waals surface area contributed by atoms with Crippen molar-refractivity contribution in [2.24, 2.45) is 5.92 Å². The molecule has 1 atom stereocenters. The molecule has 2 saturated heterocycles. The van der Waals surface area contributed by atoms with Crippen molar-refractivity contribution in [2.75, 3.05) is 32.8 Å². The summed E-state index contributed by atoms with van der Waals surface area (Å²) in [7, 11) is 0. The molecule has 4 heteroatoms. The Balaban J connectivity index is 0.000000672. The first kappa shape index (κ1) is 35.8. The Labute approximate surface area is 257 Å². The van der Waals surface area contributed by atoms with Crippen molar-refractivity contribution in [3.8, 4) is 0 Å². The molecule has 2 aliphatic heterocycles. The normalized spacial score (nSPS) is 18.7. The Morgan fingerprint density at radius 1 is 1.05 bits per heavy atom. The Morgan fingerprint density at radius 3 is 2.19 bits per heavy atom. The number of likely N-dealkylation sites (tertiary alicyclic amines) is 1. The van der Waals surface area contributed by atoms with Crippen molar-refractivity contribution >= 4 is 22.3 Å². The number of piperidine rings is 1. The van der Waals surface area contributed by atoms with Crippen LogP contribution in [0.15, 0.2) is 47.1 Å². The number of Topliss-reactive ketones (excluding diaryl/α,β-unsaturated/α-hetero) is 1. The van der Waals surface area contributed by atoms with Crippen molar-refractivity contribution in [2.45, 2.75) is 114 Å². The third-order valence-corrected chi connectivity index (χ3v) is 8.41. The van der Waals surface area contributed by atoms with Gasteiger partial charge >= 0.3 is 0 Å². The molecule has 2 aromatic rings. The van der Waals surface area contributed by atoms with Crippen molar-refractivity contribution < 1.29 is 9.53 Å². The minimum absolute atomic E-state index is 0.265. The summed E-state index contributed by atoms with van der Waals surface area (Å²) >= 11 is 0. The molecule has 0 unspecified atom stereocenters. The predicted octanol–water partition coefficient (Wildman–Crippen LogP) is 10.2. The van der Waals surface area contributed by atoms with E-state index < -0.39 is 0 Å². The highest BCUT2D eigenvalue weighted by molar-refractivity contribution is 5.92. The summed E-state index contributed by atoms with van der Waals surface area (Å²) in [5, 5.41) is 1.36. The van der Waals surface area contributed by atoms with Crippen LogP contribution in [0.4, 0.5) is 0 Å². The van der Waals surface area contributed by atoms with Gasteiger partial charge in [-0.1, -0.05) is 76.5 Å². The maximum atomic E-state index is 11.5. The van der Waals surface area contributed by atoms with E-state index in [-0.39, 0.29) is 5.78 Å². The Morgan fingerprint density at radius 2 is 1.71 bits per heavy atom. The number of benzene rings is 1. The molecular weight excluding hydrogens is 516 g/mol. The second-order valence-corrected chi connectivity index (χ2v) is 12.7. The number of aromatic amines is 1. The van der Waals surface area contributed by atoms with Gasteiger partial charge in [0.1, 0.15) is 5.78 Å². The minimum atomic E-state index is 0.265. The van der Waals surface area contributed by atoms with Crippen LogP contribution in [0.3, 0.4) is 0 Å². The lowest BCUT2D eigenvalue weighted by Crippen LogP contribution is -2.36. The lowest BCUT2D eigenvalue weighted by molar-refractivity contribution is -0.118. The number of H-pyrrole nitrogens is 1. The topological polar surface area (TPSA) is 45.3 Å². The number of allylic oxidation sites excluding steroid dienone is 6. The zero-order chi connectivity index (χ0) is 31.4. The van der Waals surface area contributed by atoms with E-state index in [0.29, 0.717) is 18.4 Å². The fourth-order valence-corrected chi connectivity index (χ4v) is 5.84. The summed E-state index contributed by atoms with van der Waals surface area (Å²) in [5.41, 5.74) is 10.7. The number of fused-ring (bicyclic) bond motifs is 1. The van der Waals surface area contributed by atoms with Gasteiger partial charge in [0.05, 0.1) is 6.54 Å². The smallest absolute Gasteiger partial charge is 0.143 e. The van der Waals surface area contributed by atoms with Gasteiger partial charge in [0.25, 0.3) is 0 Å². The lowest BCUT2D eigenvalue weighted by Gasteiger charge is -2.31. The third-order valence-electron chi connectivity index (χ3n) is 8.41. The molecule has 0 amide bonds. The van der Waals surface area contributed by atoms with Crippen molar-refractivity contribution in [1.82, 2.24) is 9.88 Å². The Hall–Kier alpha value is -2.43. The zero-order valence-electron chi connectivity index (χ0n) is 28.7. The molecular formula is C38H60N2O2. The molecule has 234 valence electrons. The highest BCUT2D eigenvalue weighted by Gasteiger charge is 2.23. The van der Waals surface area contributed by atoms with E-state index in [9.17, 15) is 4.79 Å². The van der Waals surface area contributed by atoms with Crippen LogP contribution in [0.25, 0.3) is 16.5 Å². The van der Waals surface area contributed by atoms with Crippen LogP contribution in [0.2, 0.25) is 0 Å². The minimum Gasteiger partial charge on any atom is -0.381 e. The first-order chi connectivity index (χ1) is 20.0. The number of ether oxygens (including phenoxy) is 1. The van der Waals surface area contributed by atoms with E-state index >= 15 is 0 Å². The summed E-state index contributed by atoms with van der Waals surface area (Å²) in [6, 6.07) is 7.03. The van der Waals surface area contributed by atoms with Crippen molar-refractivity contribution in [1.29, 1.82) is 0 Å². The van der Waals surface area contributed by atoms with Gasteiger partial charge in [-0.15, -0.1) is 0 Å². The molecule has 3 heterocycles. The fraction of sp³-hybridized carbons (Fsp3) is 0.605. The van der Waals surface area contributed by atoms with E-state index in [1.54, 1.807) is 6.92 Å². The highest BCUT2D eigenvalue weighted by atomic mass is 16.5. The van der Waals surface area contributed by atoms with Crippen LogP contribution < -0.4 is 0 Å². The van der Waals surface area contributed by atoms with Crippen molar-refractivity contribution in [3.05, 3.63) is 63.9 Å². The number of ketones is 1. The molecule has 1 aromatic heterocycles. The second-order valence-electron chi connectivity index (χ2n) is 12.7. The van der Waals surface area contributed by atoms with Gasteiger partial charge in [0, 0.05) is 29.8 Å².